The van der Waals surface area contributed by atoms with Gasteiger partial charge >= 0.3 is 0 Å². The average Bonchev–Trinajstić information content (AvgIpc) is 2.75. The maximum Gasteiger partial charge on any atom is 0.255 e. The number of hydrogen-bond donors (Lipinski definition) is 2. The molecule has 0 aliphatic carbocycles. The van der Waals surface area contributed by atoms with Gasteiger partial charge in [-0.05, 0) is 59.5 Å². The van der Waals surface area contributed by atoms with Crippen LogP contribution in [0.2, 0.25) is 0 Å². The third-order valence-corrected chi connectivity index (χ3v) is 5.94. The molecular formula is C23H22F2N2O3S. The van der Waals surface area contributed by atoms with Gasteiger partial charge in [-0.1, -0.05) is 38.1 Å². The van der Waals surface area contributed by atoms with E-state index in [0.29, 0.717) is 12.2 Å². The highest BCUT2D eigenvalue weighted by molar-refractivity contribution is 7.89. The van der Waals surface area contributed by atoms with Gasteiger partial charge in [0, 0.05) is 17.8 Å². The molecule has 0 unspecified atom stereocenters. The van der Waals surface area contributed by atoms with Crippen molar-refractivity contribution in [1.82, 2.24) is 4.72 Å². The van der Waals surface area contributed by atoms with Gasteiger partial charge < -0.3 is 5.32 Å². The Morgan fingerprint density at radius 3 is 2.00 bits per heavy atom. The van der Waals surface area contributed by atoms with Crippen LogP contribution < -0.4 is 10.0 Å². The first-order chi connectivity index (χ1) is 14.7. The SMILES string of the molecule is CC(C)CNS(=O)(=O)c1ccc(-c2ccc(NC(=O)c3ccc(F)c(F)c3)cc2)cc1. The number of halogens is 2. The van der Waals surface area contributed by atoms with E-state index in [4.69, 9.17) is 0 Å². The second-order valence-corrected chi connectivity index (χ2v) is 9.20. The molecule has 5 nitrogen and oxygen atoms in total. The molecular weight excluding hydrogens is 422 g/mol. The third kappa shape index (κ3) is 5.74. The van der Waals surface area contributed by atoms with E-state index < -0.39 is 27.6 Å². The molecule has 0 radical (unpaired) electrons. The summed E-state index contributed by atoms with van der Waals surface area (Å²) < 4.78 is 53.5. The standard InChI is InChI=1S/C23H22F2N2O3S/c1-15(2)14-26-31(29,30)20-10-5-17(6-11-20)16-3-8-19(9-4-16)27-23(28)18-7-12-21(24)22(25)13-18/h3-13,15,26H,14H2,1-2H3,(H,27,28). The molecule has 0 atom stereocenters. The number of sulfonamides is 1. The van der Waals surface area contributed by atoms with Gasteiger partial charge in [0.2, 0.25) is 10.0 Å². The van der Waals surface area contributed by atoms with Crippen molar-refractivity contribution in [2.75, 3.05) is 11.9 Å². The predicted octanol–water partition coefficient (Wildman–Crippen LogP) is 4.82. The summed E-state index contributed by atoms with van der Waals surface area (Å²) in [5.74, 6) is -2.46. The smallest absolute Gasteiger partial charge is 0.255 e. The van der Waals surface area contributed by atoms with Gasteiger partial charge in [-0.15, -0.1) is 0 Å². The molecule has 2 N–H and O–H groups in total. The van der Waals surface area contributed by atoms with Crippen molar-refractivity contribution in [2.45, 2.75) is 18.7 Å². The number of carbonyl (C=O) groups is 1. The molecule has 0 heterocycles. The fourth-order valence-corrected chi connectivity index (χ4v) is 3.99. The van der Waals surface area contributed by atoms with E-state index in [2.05, 4.69) is 10.0 Å². The van der Waals surface area contributed by atoms with E-state index in [9.17, 15) is 22.0 Å². The molecule has 0 aliphatic heterocycles. The predicted molar refractivity (Wildman–Crippen MR) is 116 cm³/mol. The Kier molecular flexibility index (Phi) is 6.82. The van der Waals surface area contributed by atoms with Crippen molar-refractivity contribution in [3.8, 4) is 11.1 Å². The first-order valence-corrected chi connectivity index (χ1v) is 11.1. The topological polar surface area (TPSA) is 75.3 Å². The summed E-state index contributed by atoms with van der Waals surface area (Å²) in [7, 11) is -3.55. The van der Waals surface area contributed by atoms with Gasteiger partial charge in [0.1, 0.15) is 0 Å². The number of rotatable bonds is 7. The highest BCUT2D eigenvalue weighted by atomic mass is 32.2. The van der Waals surface area contributed by atoms with Crippen molar-refractivity contribution < 1.29 is 22.0 Å². The van der Waals surface area contributed by atoms with Crippen LogP contribution in [0, 0.1) is 17.6 Å². The fourth-order valence-electron chi connectivity index (χ4n) is 2.77. The lowest BCUT2D eigenvalue weighted by molar-refractivity contribution is 0.102. The zero-order valence-electron chi connectivity index (χ0n) is 17.0. The van der Waals surface area contributed by atoms with Crippen molar-refractivity contribution in [2.24, 2.45) is 5.92 Å². The zero-order valence-corrected chi connectivity index (χ0v) is 17.8. The molecule has 31 heavy (non-hydrogen) atoms. The number of nitrogens with one attached hydrogen (secondary N) is 2. The summed E-state index contributed by atoms with van der Waals surface area (Å²) in [6, 6.07) is 16.3. The van der Waals surface area contributed by atoms with E-state index in [-0.39, 0.29) is 16.4 Å². The maximum absolute atomic E-state index is 13.3. The number of amides is 1. The van der Waals surface area contributed by atoms with Crippen LogP contribution >= 0.6 is 0 Å². The summed E-state index contributed by atoms with van der Waals surface area (Å²) in [5, 5.41) is 2.62. The van der Waals surface area contributed by atoms with Crippen molar-refractivity contribution in [3.63, 3.8) is 0 Å². The lowest BCUT2D eigenvalue weighted by Crippen LogP contribution is -2.27. The minimum absolute atomic E-state index is 0.00542. The molecule has 3 aromatic rings. The second kappa shape index (κ2) is 9.36. The highest BCUT2D eigenvalue weighted by Gasteiger charge is 2.14. The first-order valence-electron chi connectivity index (χ1n) is 9.62. The largest absolute Gasteiger partial charge is 0.322 e. The molecule has 0 spiro atoms. The Balaban J connectivity index is 1.69. The average molecular weight is 445 g/mol. The van der Waals surface area contributed by atoms with Gasteiger partial charge in [0.25, 0.3) is 5.91 Å². The van der Waals surface area contributed by atoms with Crippen LogP contribution in [0.25, 0.3) is 11.1 Å². The van der Waals surface area contributed by atoms with E-state index in [1.807, 2.05) is 13.8 Å². The van der Waals surface area contributed by atoms with Crippen molar-refractivity contribution >= 4 is 21.6 Å². The van der Waals surface area contributed by atoms with Crippen LogP contribution in [0.15, 0.2) is 71.6 Å². The number of benzene rings is 3. The summed E-state index contributed by atoms with van der Waals surface area (Å²) >= 11 is 0. The minimum Gasteiger partial charge on any atom is -0.322 e. The van der Waals surface area contributed by atoms with Gasteiger partial charge in [-0.25, -0.2) is 21.9 Å². The maximum atomic E-state index is 13.3. The summed E-state index contributed by atoms with van der Waals surface area (Å²) in [5.41, 5.74) is 2.12. The molecule has 0 bridgehead atoms. The molecule has 0 saturated heterocycles. The Labute approximate surface area is 180 Å². The molecule has 3 rings (SSSR count). The number of anilines is 1. The molecule has 3 aromatic carbocycles. The molecule has 0 saturated carbocycles. The Hall–Kier alpha value is -3.10. The van der Waals surface area contributed by atoms with Crippen LogP contribution in [0.4, 0.5) is 14.5 Å². The van der Waals surface area contributed by atoms with Crippen LogP contribution in [0.5, 0.6) is 0 Å². The highest BCUT2D eigenvalue weighted by Crippen LogP contribution is 2.23. The zero-order chi connectivity index (χ0) is 22.6. The van der Waals surface area contributed by atoms with Gasteiger partial charge in [0.15, 0.2) is 11.6 Å². The summed E-state index contributed by atoms with van der Waals surface area (Å²) in [6.07, 6.45) is 0. The molecule has 8 heteroatoms. The second-order valence-electron chi connectivity index (χ2n) is 7.43. The molecule has 0 aliphatic rings. The van der Waals surface area contributed by atoms with Crippen molar-refractivity contribution in [1.29, 1.82) is 0 Å². The van der Waals surface area contributed by atoms with Gasteiger partial charge in [-0.3, -0.25) is 4.79 Å². The summed E-state index contributed by atoms with van der Waals surface area (Å²) in [6.45, 7) is 4.22. The van der Waals surface area contributed by atoms with E-state index in [1.54, 1.807) is 36.4 Å². The number of carbonyl (C=O) groups excluding carboxylic acids is 1. The lowest BCUT2D eigenvalue weighted by atomic mass is 10.1. The van der Waals surface area contributed by atoms with Crippen molar-refractivity contribution in [3.05, 3.63) is 83.9 Å². The Bertz CT molecular complexity index is 1180. The number of hydrogen-bond acceptors (Lipinski definition) is 3. The van der Waals surface area contributed by atoms with E-state index in [1.165, 1.54) is 18.2 Å². The van der Waals surface area contributed by atoms with Gasteiger partial charge in [-0.2, -0.15) is 0 Å². The van der Waals surface area contributed by atoms with Crippen LogP contribution in [0.3, 0.4) is 0 Å². The van der Waals surface area contributed by atoms with Gasteiger partial charge in [0.05, 0.1) is 4.90 Å². The van der Waals surface area contributed by atoms with E-state index in [0.717, 1.165) is 23.3 Å². The monoisotopic (exact) mass is 444 g/mol. The molecule has 1 amide bonds. The lowest BCUT2D eigenvalue weighted by Gasteiger charge is -2.10. The quantitative estimate of drug-likeness (QED) is 0.549. The molecule has 0 fully saturated rings. The Morgan fingerprint density at radius 1 is 0.871 bits per heavy atom. The van der Waals surface area contributed by atoms with E-state index >= 15 is 0 Å². The third-order valence-electron chi connectivity index (χ3n) is 4.50. The van der Waals surface area contributed by atoms with Crippen LogP contribution in [0.1, 0.15) is 24.2 Å². The first kappa shape index (κ1) is 22.6. The minimum atomic E-state index is -3.55. The fraction of sp³-hybridized carbons (Fsp3) is 0.174. The molecule has 162 valence electrons. The molecule has 0 aromatic heterocycles. The normalized spacial score (nSPS) is 11.5. The van der Waals surface area contributed by atoms with Crippen LogP contribution in [-0.4, -0.2) is 20.9 Å². The summed E-state index contributed by atoms with van der Waals surface area (Å²) in [4.78, 5) is 12.4. The Morgan fingerprint density at radius 2 is 1.45 bits per heavy atom. The van der Waals surface area contributed by atoms with Crippen LogP contribution in [-0.2, 0) is 10.0 Å².